The third-order valence-corrected chi connectivity index (χ3v) is 3.35. The average molecular weight is 366 g/mol. The van der Waals surface area contributed by atoms with Gasteiger partial charge in [-0.2, -0.15) is 0 Å². The Labute approximate surface area is 117 Å². The van der Waals surface area contributed by atoms with Crippen LogP contribution in [0.5, 0.6) is 5.75 Å². The molecule has 0 aliphatic heterocycles. The molecule has 1 rings (SSSR count). The van der Waals surface area contributed by atoms with Crippen LogP contribution in [0.15, 0.2) is 21.1 Å². The van der Waals surface area contributed by atoms with Crippen molar-refractivity contribution in [1.82, 2.24) is 0 Å². The smallest absolute Gasteiger partial charge is 0.243 e. The van der Waals surface area contributed by atoms with Crippen LogP contribution in [0.1, 0.15) is 13.8 Å². The van der Waals surface area contributed by atoms with E-state index in [1.807, 2.05) is 0 Å². The maximum absolute atomic E-state index is 11.8. The Balaban J connectivity index is 3.03. The fourth-order valence-electron chi connectivity index (χ4n) is 1.06. The third kappa shape index (κ3) is 3.69. The number of carbonyl (C=O) groups excluding carboxylic acids is 1. The molecule has 0 unspecified atom stereocenters. The van der Waals surface area contributed by atoms with Gasteiger partial charge in [-0.25, -0.2) is 0 Å². The van der Waals surface area contributed by atoms with Gasteiger partial charge >= 0.3 is 0 Å². The number of hydrogen-bond acceptors (Lipinski definition) is 3. The zero-order valence-electron chi connectivity index (χ0n) is 9.80. The molecule has 0 saturated carbocycles. The lowest BCUT2D eigenvalue weighted by Gasteiger charge is -2.19. The second-order valence-corrected chi connectivity index (χ2v) is 5.85. The van der Waals surface area contributed by atoms with Crippen LogP contribution in [0.4, 0.5) is 5.69 Å². The highest BCUT2D eigenvalue weighted by molar-refractivity contribution is 9.11. The summed E-state index contributed by atoms with van der Waals surface area (Å²) in [6, 6.07) is 3.52. The molecule has 17 heavy (non-hydrogen) atoms. The van der Waals surface area contributed by atoms with Crippen LogP contribution in [-0.2, 0) is 4.79 Å². The summed E-state index contributed by atoms with van der Waals surface area (Å²) in [5.74, 6) is 0.376. The highest BCUT2D eigenvalue weighted by atomic mass is 79.9. The van der Waals surface area contributed by atoms with Crippen molar-refractivity contribution in [3.05, 3.63) is 21.1 Å². The molecular weight excluding hydrogens is 352 g/mol. The number of carbonyl (C=O) groups is 1. The summed E-state index contributed by atoms with van der Waals surface area (Å²) in [4.78, 5) is 11.8. The average Bonchev–Trinajstić information content (AvgIpc) is 2.20. The molecule has 0 bridgehead atoms. The van der Waals surface area contributed by atoms with Crippen LogP contribution >= 0.6 is 31.9 Å². The molecule has 3 N–H and O–H groups in total. The number of nitrogens with two attached hydrogens (primary N) is 1. The van der Waals surface area contributed by atoms with Gasteiger partial charge in [0.15, 0.2) is 0 Å². The van der Waals surface area contributed by atoms with Gasteiger partial charge in [0.1, 0.15) is 5.75 Å². The molecule has 0 atom stereocenters. The first kappa shape index (κ1) is 14.5. The van der Waals surface area contributed by atoms with E-state index in [0.717, 1.165) is 8.95 Å². The molecular formula is C11H14Br2N2O2. The Morgan fingerprint density at radius 2 is 1.94 bits per heavy atom. The predicted octanol–water partition coefficient (Wildman–Crippen LogP) is 2.90. The van der Waals surface area contributed by atoms with E-state index in [1.165, 1.54) is 0 Å². The van der Waals surface area contributed by atoms with Crippen molar-refractivity contribution < 1.29 is 9.53 Å². The summed E-state index contributed by atoms with van der Waals surface area (Å²) in [5, 5.41) is 2.74. The zero-order valence-corrected chi connectivity index (χ0v) is 13.0. The highest BCUT2D eigenvalue weighted by Gasteiger charge is 2.22. The minimum Gasteiger partial charge on any atom is -0.495 e. The van der Waals surface area contributed by atoms with Crippen molar-refractivity contribution in [2.45, 2.75) is 19.4 Å². The summed E-state index contributed by atoms with van der Waals surface area (Å²) in [5.41, 5.74) is 5.40. The quantitative estimate of drug-likeness (QED) is 0.865. The van der Waals surface area contributed by atoms with Crippen LogP contribution in [0.2, 0.25) is 0 Å². The van der Waals surface area contributed by atoms with Crippen molar-refractivity contribution in [1.29, 1.82) is 0 Å². The first-order valence-corrected chi connectivity index (χ1v) is 6.47. The van der Waals surface area contributed by atoms with Gasteiger partial charge in [0.25, 0.3) is 0 Å². The van der Waals surface area contributed by atoms with Crippen LogP contribution in [-0.4, -0.2) is 18.6 Å². The van der Waals surface area contributed by atoms with E-state index in [9.17, 15) is 4.79 Å². The number of rotatable bonds is 3. The van der Waals surface area contributed by atoms with Gasteiger partial charge < -0.3 is 15.8 Å². The number of ether oxygens (including phenoxy) is 1. The Morgan fingerprint density at radius 3 is 2.41 bits per heavy atom. The second kappa shape index (κ2) is 5.37. The van der Waals surface area contributed by atoms with Crippen LogP contribution < -0.4 is 15.8 Å². The van der Waals surface area contributed by atoms with Crippen molar-refractivity contribution >= 4 is 43.5 Å². The number of nitrogens with one attached hydrogen (secondary N) is 1. The van der Waals surface area contributed by atoms with Gasteiger partial charge in [0.2, 0.25) is 5.91 Å². The van der Waals surface area contributed by atoms with Gasteiger partial charge in [-0.3, -0.25) is 4.79 Å². The van der Waals surface area contributed by atoms with Crippen molar-refractivity contribution in [2.75, 3.05) is 12.4 Å². The molecule has 0 radical (unpaired) electrons. The predicted molar refractivity (Wildman–Crippen MR) is 75.3 cm³/mol. The number of hydrogen-bond donors (Lipinski definition) is 2. The molecule has 94 valence electrons. The Bertz CT molecular complexity index is 442. The normalized spacial score (nSPS) is 11.2. The summed E-state index contributed by atoms with van der Waals surface area (Å²) >= 11 is 6.72. The fraction of sp³-hybridized carbons (Fsp3) is 0.364. The van der Waals surface area contributed by atoms with E-state index in [0.29, 0.717) is 11.4 Å². The van der Waals surface area contributed by atoms with E-state index in [-0.39, 0.29) is 5.91 Å². The van der Waals surface area contributed by atoms with E-state index in [1.54, 1.807) is 33.1 Å². The van der Waals surface area contributed by atoms with Gasteiger partial charge in [0.05, 0.1) is 22.8 Å². The number of benzene rings is 1. The molecule has 6 heteroatoms. The van der Waals surface area contributed by atoms with Crippen LogP contribution in [0, 0.1) is 0 Å². The van der Waals surface area contributed by atoms with Crippen LogP contribution in [0.3, 0.4) is 0 Å². The lowest BCUT2D eigenvalue weighted by atomic mass is 10.1. The third-order valence-electron chi connectivity index (χ3n) is 2.07. The largest absolute Gasteiger partial charge is 0.495 e. The van der Waals surface area contributed by atoms with Gasteiger partial charge in [0, 0.05) is 10.5 Å². The minimum absolute atomic E-state index is 0.262. The molecule has 0 fully saturated rings. The SMILES string of the molecule is COc1cc(NC(=O)C(C)(C)N)c(Br)cc1Br. The molecule has 0 aliphatic rings. The summed E-state index contributed by atoms with van der Waals surface area (Å²) in [7, 11) is 1.56. The maximum atomic E-state index is 11.8. The van der Waals surface area contributed by atoms with Crippen molar-refractivity contribution in [2.24, 2.45) is 5.73 Å². The van der Waals surface area contributed by atoms with Gasteiger partial charge in [-0.15, -0.1) is 0 Å². The lowest BCUT2D eigenvalue weighted by Crippen LogP contribution is -2.45. The number of halogens is 2. The topological polar surface area (TPSA) is 64.3 Å². The zero-order chi connectivity index (χ0) is 13.2. The molecule has 1 aromatic rings. The van der Waals surface area contributed by atoms with Crippen molar-refractivity contribution in [3.63, 3.8) is 0 Å². The number of amides is 1. The Morgan fingerprint density at radius 1 is 1.35 bits per heavy atom. The fourth-order valence-corrected chi connectivity index (χ4v) is 2.32. The first-order valence-electron chi connectivity index (χ1n) is 4.89. The monoisotopic (exact) mass is 364 g/mol. The van der Waals surface area contributed by atoms with Gasteiger partial charge in [-0.05, 0) is 51.8 Å². The van der Waals surface area contributed by atoms with E-state index < -0.39 is 5.54 Å². The number of anilines is 1. The summed E-state index contributed by atoms with van der Waals surface area (Å²) < 4.78 is 6.71. The van der Waals surface area contributed by atoms with E-state index >= 15 is 0 Å². The second-order valence-electron chi connectivity index (χ2n) is 4.14. The van der Waals surface area contributed by atoms with Gasteiger partial charge in [-0.1, -0.05) is 0 Å². The number of methoxy groups -OCH3 is 1. The lowest BCUT2D eigenvalue weighted by molar-refractivity contribution is -0.120. The highest BCUT2D eigenvalue weighted by Crippen LogP contribution is 2.34. The Kier molecular flexibility index (Phi) is 4.57. The molecule has 1 aromatic carbocycles. The summed E-state index contributed by atoms with van der Waals surface area (Å²) in [6.45, 7) is 3.29. The molecule has 4 nitrogen and oxygen atoms in total. The minimum atomic E-state index is -0.931. The van der Waals surface area contributed by atoms with Crippen molar-refractivity contribution in [3.8, 4) is 5.75 Å². The standard InChI is InChI=1S/C11H14Br2N2O2/c1-11(2,14)10(16)15-8-5-9(17-3)7(13)4-6(8)12/h4-5H,14H2,1-3H3,(H,15,16). The maximum Gasteiger partial charge on any atom is 0.243 e. The van der Waals surface area contributed by atoms with E-state index in [4.69, 9.17) is 10.5 Å². The molecule has 0 spiro atoms. The van der Waals surface area contributed by atoms with E-state index in [2.05, 4.69) is 37.2 Å². The molecule has 0 heterocycles. The first-order chi connectivity index (χ1) is 7.75. The summed E-state index contributed by atoms with van der Waals surface area (Å²) in [6.07, 6.45) is 0. The Hall–Kier alpha value is -0.590. The molecule has 0 aliphatic carbocycles. The molecule has 1 amide bonds. The van der Waals surface area contributed by atoms with Crippen LogP contribution in [0.25, 0.3) is 0 Å². The molecule has 0 aromatic heterocycles. The molecule has 0 saturated heterocycles.